The first-order valence-corrected chi connectivity index (χ1v) is 14.8. The molecule has 38 heavy (non-hydrogen) atoms. The lowest BCUT2D eigenvalue weighted by Gasteiger charge is -2.12. The molecule has 3 aromatic rings. The molecule has 0 unspecified atom stereocenters. The highest BCUT2D eigenvalue weighted by atomic mass is 16.4. The van der Waals surface area contributed by atoms with Crippen molar-refractivity contribution in [2.75, 3.05) is 0 Å². The maximum atomic E-state index is 11.9. The first-order chi connectivity index (χ1) is 18.5. The third-order valence-electron chi connectivity index (χ3n) is 7.58. The average Bonchev–Trinajstić information content (AvgIpc) is 2.94. The third-order valence-corrected chi connectivity index (χ3v) is 7.58. The molecule has 4 nitrogen and oxygen atoms in total. The fraction of sp³-hybridized carbons (Fsp3) is 0.500. The highest BCUT2D eigenvalue weighted by Gasteiger charge is 2.15. The molecule has 0 aliphatic heterocycles. The van der Waals surface area contributed by atoms with Gasteiger partial charge in [0.15, 0.2) is 5.82 Å². The molecule has 2 aromatic carbocycles. The van der Waals surface area contributed by atoms with Crippen LogP contribution < -0.4 is 0 Å². The molecule has 0 bridgehead atoms. The highest BCUT2D eigenvalue weighted by Crippen LogP contribution is 2.29. The lowest BCUT2D eigenvalue weighted by atomic mass is 9.94. The summed E-state index contributed by atoms with van der Waals surface area (Å²) in [4.78, 5) is 21.2. The van der Waals surface area contributed by atoms with Crippen molar-refractivity contribution in [1.29, 1.82) is 0 Å². The molecule has 1 N–H and O–H groups in total. The van der Waals surface area contributed by atoms with Gasteiger partial charge in [0.05, 0.1) is 5.56 Å². The molecule has 0 amide bonds. The number of hydrogen-bond acceptors (Lipinski definition) is 3. The fourth-order valence-corrected chi connectivity index (χ4v) is 4.93. The van der Waals surface area contributed by atoms with E-state index in [0.717, 1.165) is 36.0 Å². The second-order valence-electron chi connectivity index (χ2n) is 10.8. The zero-order valence-electron chi connectivity index (χ0n) is 23.7. The predicted molar refractivity (Wildman–Crippen MR) is 159 cm³/mol. The standard InChI is InChI=1S/C34H46N2O2/c1-4-6-7-8-9-10-11-12-13-14-15-28-24-35-33(36-25-28)30-20-21-31(34(37)38)32(23-30)29-18-16-27(17-19-29)22-26(3)5-2/h16-21,23-26H,4-15,22H2,1-3H3,(H,37,38)/t26-/m0/s1. The van der Waals surface area contributed by atoms with Gasteiger partial charge in [-0.3, -0.25) is 0 Å². The number of aromatic carboxylic acids is 1. The molecule has 0 fully saturated rings. The van der Waals surface area contributed by atoms with Crippen LogP contribution in [0.1, 0.15) is 113 Å². The Hall–Kier alpha value is -3.01. The maximum Gasteiger partial charge on any atom is 0.336 e. The number of aryl methyl sites for hydroxylation is 1. The van der Waals surface area contributed by atoms with Gasteiger partial charge in [0, 0.05) is 18.0 Å². The SMILES string of the molecule is CCCCCCCCCCCCc1cnc(-c2ccc(C(=O)O)c(-c3ccc(C[C@@H](C)CC)cc3)c2)nc1. The Bertz CT molecular complexity index is 1110. The third kappa shape index (κ3) is 9.38. The van der Waals surface area contributed by atoms with Gasteiger partial charge >= 0.3 is 5.97 Å². The van der Waals surface area contributed by atoms with Crippen LogP contribution in [-0.2, 0) is 12.8 Å². The number of unbranched alkanes of at least 4 members (excludes halogenated alkanes) is 9. The Kier molecular flexibility index (Phi) is 12.5. The number of rotatable bonds is 17. The maximum absolute atomic E-state index is 11.9. The smallest absolute Gasteiger partial charge is 0.336 e. The van der Waals surface area contributed by atoms with Crippen molar-refractivity contribution in [2.45, 2.75) is 104 Å². The Balaban J connectivity index is 1.57. The van der Waals surface area contributed by atoms with Crippen LogP contribution in [0.3, 0.4) is 0 Å². The Morgan fingerprint density at radius 2 is 1.34 bits per heavy atom. The molecule has 0 saturated heterocycles. The van der Waals surface area contributed by atoms with E-state index in [4.69, 9.17) is 0 Å². The number of nitrogens with zero attached hydrogens (tertiary/aromatic N) is 2. The molecule has 3 rings (SSSR count). The van der Waals surface area contributed by atoms with E-state index in [2.05, 4.69) is 42.9 Å². The van der Waals surface area contributed by atoms with Gasteiger partial charge < -0.3 is 5.11 Å². The van der Waals surface area contributed by atoms with Crippen LogP contribution in [0.25, 0.3) is 22.5 Å². The summed E-state index contributed by atoms with van der Waals surface area (Å²) < 4.78 is 0. The number of benzene rings is 2. The molecule has 0 radical (unpaired) electrons. The van der Waals surface area contributed by atoms with Crippen LogP contribution in [0.2, 0.25) is 0 Å². The van der Waals surface area contributed by atoms with Crippen LogP contribution in [0, 0.1) is 5.92 Å². The Morgan fingerprint density at radius 3 is 1.92 bits per heavy atom. The number of carbonyl (C=O) groups is 1. The van der Waals surface area contributed by atoms with E-state index in [1.807, 2.05) is 36.7 Å². The van der Waals surface area contributed by atoms with Crippen LogP contribution in [-0.4, -0.2) is 21.0 Å². The van der Waals surface area contributed by atoms with Gasteiger partial charge in [0.2, 0.25) is 0 Å². The normalized spacial score (nSPS) is 12.0. The number of aromatic nitrogens is 2. The van der Waals surface area contributed by atoms with Crippen molar-refractivity contribution >= 4 is 5.97 Å². The van der Waals surface area contributed by atoms with E-state index in [9.17, 15) is 9.90 Å². The van der Waals surface area contributed by atoms with E-state index in [1.54, 1.807) is 6.07 Å². The molecule has 4 heteroatoms. The second kappa shape index (κ2) is 16.1. The quantitative estimate of drug-likeness (QED) is 0.182. The zero-order valence-corrected chi connectivity index (χ0v) is 23.7. The molecule has 1 heterocycles. The van der Waals surface area contributed by atoms with Crippen molar-refractivity contribution in [3.63, 3.8) is 0 Å². The summed E-state index contributed by atoms with van der Waals surface area (Å²) in [6.07, 6.45) is 20.3. The topological polar surface area (TPSA) is 63.1 Å². The summed E-state index contributed by atoms with van der Waals surface area (Å²) in [5.74, 6) is 0.329. The van der Waals surface area contributed by atoms with Gasteiger partial charge in [-0.05, 0) is 59.6 Å². The summed E-state index contributed by atoms with van der Waals surface area (Å²) >= 11 is 0. The van der Waals surface area contributed by atoms with E-state index >= 15 is 0 Å². The summed E-state index contributed by atoms with van der Waals surface area (Å²) in [5, 5.41) is 9.79. The van der Waals surface area contributed by atoms with Crippen LogP contribution >= 0.6 is 0 Å². The fourth-order valence-electron chi connectivity index (χ4n) is 4.93. The minimum absolute atomic E-state index is 0.293. The van der Waals surface area contributed by atoms with Crippen LogP contribution in [0.15, 0.2) is 54.9 Å². The van der Waals surface area contributed by atoms with Crippen LogP contribution in [0.5, 0.6) is 0 Å². The predicted octanol–water partition coefficient (Wildman–Crippen LogP) is 9.56. The molecule has 1 aromatic heterocycles. The van der Waals surface area contributed by atoms with Crippen molar-refractivity contribution < 1.29 is 9.90 Å². The zero-order chi connectivity index (χ0) is 27.2. The van der Waals surface area contributed by atoms with E-state index in [-0.39, 0.29) is 0 Å². The average molecular weight is 515 g/mol. The number of carboxylic acid groups (broad SMARTS) is 1. The summed E-state index contributed by atoms with van der Waals surface area (Å²) in [6.45, 7) is 6.72. The molecule has 0 spiro atoms. The molecule has 204 valence electrons. The molecule has 1 atom stereocenters. The Morgan fingerprint density at radius 1 is 0.763 bits per heavy atom. The molecule has 0 saturated carbocycles. The summed E-state index contributed by atoms with van der Waals surface area (Å²) in [5.41, 5.74) is 5.16. The lowest BCUT2D eigenvalue weighted by Crippen LogP contribution is -2.01. The first kappa shape index (κ1) is 29.5. The van der Waals surface area contributed by atoms with Gasteiger partial charge in [-0.15, -0.1) is 0 Å². The van der Waals surface area contributed by atoms with Gasteiger partial charge in [0.1, 0.15) is 0 Å². The number of carboxylic acids is 1. The van der Waals surface area contributed by atoms with Gasteiger partial charge in [-0.2, -0.15) is 0 Å². The number of hydrogen-bond donors (Lipinski definition) is 1. The molecular weight excluding hydrogens is 468 g/mol. The minimum atomic E-state index is -0.928. The highest BCUT2D eigenvalue weighted by molar-refractivity contribution is 5.97. The van der Waals surface area contributed by atoms with E-state index in [0.29, 0.717) is 22.9 Å². The monoisotopic (exact) mass is 514 g/mol. The lowest BCUT2D eigenvalue weighted by molar-refractivity contribution is 0.0697. The first-order valence-electron chi connectivity index (χ1n) is 14.8. The molecule has 0 aliphatic rings. The van der Waals surface area contributed by atoms with Crippen LogP contribution in [0.4, 0.5) is 0 Å². The van der Waals surface area contributed by atoms with E-state index in [1.165, 1.54) is 69.8 Å². The van der Waals surface area contributed by atoms with Gasteiger partial charge in [-0.25, -0.2) is 14.8 Å². The Labute approximate surface area is 230 Å². The van der Waals surface area contributed by atoms with Gasteiger partial charge in [-0.1, -0.05) is 115 Å². The summed E-state index contributed by atoms with van der Waals surface area (Å²) in [7, 11) is 0. The van der Waals surface area contributed by atoms with Crippen molar-refractivity contribution in [1.82, 2.24) is 9.97 Å². The summed E-state index contributed by atoms with van der Waals surface area (Å²) in [6, 6.07) is 13.7. The largest absolute Gasteiger partial charge is 0.478 e. The van der Waals surface area contributed by atoms with E-state index < -0.39 is 5.97 Å². The van der Waals surface area contributed by atoms with Crippen molar-refractivity contribution in [2.24, 2.45) is 5.92 Å². The second-order valence-corrected chi connectivity index (χ2v) is 10.8. The van der Waals surface area contributed by atoms with Crippen molar-refractivity contribution in [3.05, 3.63) is 71.5 Å². The van der Waals surface area contributed by atoms with Crippen molar-refractivity contribution in [3.8, 4) is 22.5 Å². The molecule has 0 aliphatic carbocycles. The van der Waals surface area contributed by atoms with Gasteiger partial charge in [0.25, 0.3) is 0 Å². The molecular formula is C34H46N2O2. The minimum Gasteiger partial charge on any atom is -0.478 e.